The van der Waals surface area contributed by atoms with Crippen molar-refractivity contribution in [2.75, 3.05) is 36.0 Å². The van der Waals surface area contributed by atoms with Gasteiger partial charge in [0.05, 0.1) is 24.1 Å². The Balaban J connectivity index is 1.60. The molecule has 30 heavy (non-hydrogen) atoms. The van der Waals surface area contributed by atoms with Gasteiger partial charge in [0, 0.05) is 42.6 Å². The molecule has 1 unspecified atom stereocenters. The molecule has 0 bridgehead atoms. The number of carbonyl (C=O) groups excluding carboxylic acids is 1. The second-order valence-corrected chi connectivity index (χ2v) is 10.9. The summed E-state index contributed by atoms with van der Waals surface area (Å²) in [7, 11) is -2.05. The van der Waals surface area contributed by atoms with Gasteiger partial charge in [-0.05, 0) is 41.2 Å². The Morgan fingerprint density at radius 3 is 2.57 bits per heavy atom. The molecule has 2 saturated heterocycles. The molecule has 0 aliphatic carbocycles. The number of aryl methyl sites for hydroxylation is 1. The van der Waals surface area contributed by atoms with Crippen LogP contribution in [-0.4, -0.2) is 62.0 Å². The van der Waals surface area contributed by atoms with E-state index in [4.69, 9.17) is 0 Å². The average Bonchev–Trinajstić information content (AvgIpc) is 2.74. The predicted molar refractivity (Wildman–Crippen MR) is 118 cm³/mol. The van der Waals surface area contributed by atoms with Gasteiger partial charge in [-0.2, -0.15) is 0 Å². The van der Waals surface area contributed by atoms with Gasteiger partial charge in [-0.1, -0.05) is 18.2 Å². The van der Waals surface area contributed by atoms with Crippen molar-refractivity contribution in [1.82, 2.24) is 14.9 Å². The quantitative estimate of drug-likeness (QED) is 0.700. The van der Waals surface area contributed by atoms with Gasteiger partial charge in [0.15, 0.2) is 0 Å². The van der Waals surface area contributed by atoms with E-state index in [2.05, 4.69) is 20.7 Å². The van der Waals surface area contributed by atoms with Crippen LogP contribution < -0.4 is 4.90 Å². The topological polar surface area (TPSA) is 66.4 Å². The summed E-state index contributed by atoms with van der Waals surface area (Å²) < 4.78 is 26.9. The van der Waals surface area contributed by atoms with E-state index < -0.39 is 15.6 Å². The summed E-state index contributed by atoms with van der Waals surface area (Å²) in [5.41, 5.74) is 1.34. The van der Waals surface area contributed by atoms with Gasteiger partial charge < -0.3 is 9.80 Å². The Kier molecular flexibility index (Phi) is 5.77. The normalized spacial score (nSPS) is 27.1. The molecule has 2 fully saturated rings. The van der Waals surface area contributed by atoms with Crippen molar-refractivity contribution >= 4 is 27.1 Å². The van der Waals surface area contributed by atoms with Crippen LogP contribution in [0.1, 0.15) is 30.1 Å². The maximum absolute atomic E-state index is 14.7. The highest BCUT2D eigenvalue weighted by molar-refractivity contribution is 8.00. The van der Waals surface area contributed by atoms with Crippen LogP contribution in [0.25, 0.3) is 0 Å². The highest BCUT2D eigenvalue weighted by Crippen LogP contribution is 2.32. The zero-order chi connectivity index (χ0) is 21.3. The molecule has 0 N–H and O–H groups in total. The van der Waals surface area contributed by atoms with Gasteiger partial charge in [-0.15, -0.1) is 0 Å². The first-order valence-electron chi connectivity index (χ1n) is 10.3. The zero-order valence-electron chi connectivity index (χ0n) is 17.2. The van der Waals surface area contributed by atoms with Crippen molar-refractivity contribution in [2.45, 2.75) is 25.8 Å². The standard InChI is InChI=1S/C22H27FN4O2S/c1-16-13-25-21(14-24-16)26-9-10-27(20(15-26)18-5-3-4-6-19(18)23)22(28)17-7-11-30(2,29)12-8-17/h3-6,13-14,17,20H,2,7-12,15H2,1H3. The molecule has 2 aliphatic rings. The fourth-order valence-corrected chi connectivity index (χ4v) is 5.89. The first-order valence-corrected chi connectivity index (χ1v) is 12.3. The lowest BCUT2D eigenvalue weighted by Gasteiger charge is -2.43. The summed E-state index contributed by atoms with van der Waals surface area (Å²) in [6.07, 6.45) is 4.59. The maximum Gasteiger partial charge on any atom is 0.226 e. The predicted octanol–water partition coefficient (Wildman–Crippen LogP) is 2.44. The molecule has 1 atom stereocenters. The highest BCUT2D eigenvalue weighted by Gasteiger charge is 2.37. The average molecular weight is 431 g/mol. The monoisotopic (exact) mass is 430 g/mol. The first kappa shape index (κ1) is 20.8. The number of hydrogen-bond acceptors (Lipinski definition) is 5. The van der Waals surface area contributed by atoms with E-state index in [1.54, 1.807) is 35.5 Å². The second kappa shape index (κ2) is 8.34. The summed E-state index contributed by atoms with van der Waals surface area (Å²) in [5.74, 6) is 5.00. The number of rotatable bonds is 3. The van der Waals surface area contributed by atoms with Crippen LogP contribution in [0, 0.1) is 18.7 Å². The third-order valence-electron chi connectivity index (χ3n) is 6.04. The maximum atomic E-state index is 14.7. The summed E-state index contributed by atoms with van der Waals surface area (Å²) >= 11 is 0. The number of piperazine rings is 1. The van der Waals surface area contributed by atoms with E-state index >= 15 is 0 Å². The number of carbonyl (C=O) groups is 1. The minimum Gasteiger partial charge on any atom is -0.351 e. The lowest BCUT2D eigenvalue weighted by molar-refractivity contribution is -0.138. The summed E-state index contributed by atoms with van der Waals surface area (Å²) in [6, 6.07) is 6.21. The molecular weight excluding hydrogens is 403 g/mol. The molecular formula is C22H27FN4O2S. The van der Waals surface area contributed by atoms with E-state index in [9.17, 15) is 13.4 Å². The first-order chi connectivity index (χ1) is 14.3. The third kappa shape index (κ3) is 4.33. The summed E-state index contributed by atoms with van der Waals surface area (Å²) in [5, 5.41) is 0. The Bertz CT molecular complexity index is 1010. The van der Waals surface area contributed by atoms with Gasteiger partial charge in [0.25, 0.3) is 0 Å². The molecule has 0 saturated carbocycles. The van der Waals surface area contributed by atoms with Crippen LogP contribution in [0.3, 0.4) is 0 Å². The molecule has 1 aromatic carbocycles. The van der Waals surface area contributed by atoms with Crippen LogP contribution >= 0.6 is 0 Å². The third-order valence-corrected chi connectivity index (χ3v) is 8.00. The minimum absolute atomic E-state index is 0.0211. The Hall–Kier alpha value is -2.48. The fraction of sp³-hybridized carbons (Fsp3) is 0.455. The minimum atomic E-state index is -2.05. The fourth-order valence-electron chi connectivity index (χ4n) is 4.26. The molecule has 0 spiro atoms. The van der Waals surface area contributed by atoms with E-state index in [0.717, 1.165) is 11.5 Å². The number of aromatic nitrogens is 2. The molecule has 1 amide bonds. The smallest absolute Gasteiger partial charge is 0.226 e. The number of amides is 1. The molecule has 8 heteroatoms. The zero-order valence-corrected chi connectivity index (χ0v) is 18.0. The summed E-state index contributed by atoms with van der Waals surface area (Å²) in [6.45, 7) is 3.41. The molecule has 0 radical (unpaired) electrons. The van der Waals surface area contributed by atoms with Crippen molar-refractivity contribution in [1.29, 1.82) is 0 Å². The molecule has 3 heterocycles. The SMILES string of the molecule is C=S1(=O)CCC(C(=O)N2CCN(c3cnc(C)cn3)CC2c2ccccc2F)CC1. The molecule has 2 aliphatic heterocycles. The van der Waals surface area contributed by atoms with Crippen molar-refractivity contribution in [3.8, 4) is 0 Å². The van der Waals surface area contributed by atoms with E-state index in [1.807, 2.05) is 6.92 Å². The van der Waals surface area contributed by atoms with Crippen LogP contribution in [0.2, 0.25) is 0 Å². The van der Waals surface area contributed by atoms with Crippen LogP contribution in [0.15, 0.2) is 36.7 Å². The highest BCUT2D eigenvalue weighted by atomic mass is 32.2. The van der Waals surface area contributed by atoms with Gasteiger partial charge in [0.2, 0.25) is 5.91 Å². The molecule has 1 aromatic heterocycles. The van der Waals surface area contributed by atoms with Gasteiger partial charge >= 0.3 is 0 Å². The van der Waals surface area contributed by atoms with Crippen LogP contribution in [0.5, 0.6) is 0 Å². The number of nitrogens with zero attached hydrogens (tertiary/aromatic N) is 4. The Morgan fingerprint density at radius 1 is 1.17 bits per heavy atom. The number of halogens is 1. The second-order valence-electron chi connectivity index (χ2n) is 8.18. The molecule has 6 nitrogen and oxygen atoms in total. The van der Waals surface area contributed by atoms with Gasteiger partial charge in [0.1, 0.15) is 11.6 Å². The lowest BCUT2D eigenvalue weighted by Crippen LogP contribution is -2.53. The largest absolute Gasteiger partial charge is 0.351 e. The Labute approximate surface area is 177 Å². The van der Waals surface area contributed by atoms with Crippen molar-refractivity contribution in [2.24, 2.45) is 5.92 Å². The Morgan fingerprint density at radius 2 is 1.90 bits per heavy atom. The number of hydrogen-bond donors (Lipinski definition) is 0. The summed E-state index contributed by atoms with van der Waals surface area (Å²) in [4.78, 5) is 26.0. The lowest BCUT2D eigenvalue weighted by atomic mass is 9.96. The van der Waals surface area contributed by atoms with E-state index in [1.165, 1.54) is 6.07 Å². The number of benzene rings is 1. The van der Waals surface area contributed by atoms with Crippen molar-refractivity contribution in [3.05, 3.63) is 53.7 Å². The van der Waals surface area contributed by atoms with E-state index in [-0.39, 0.29) is 17.6 Å². The van der Waals surface area contributed by atoms with Gasteiger partial charge in [-0.3, -0.25) is 14.0 Å². The van der Waals surface area contributed by atoms with Gasteiger partial charge in [-0.25, -0.2) is 9.37 Å². The van der Waals surface area contributed by atoms with Crippen LogP contribution in [-0.2, 0) is 14.3 Å². The molecule has 4 rings (SSSR count). The van der Waals surface area contributed by atoms with E-state index in [0.29, 0.717) is 49.5 Å². The van der Waals surface area contributed by atoms with Crippen molar-refractivity contribution < 1.29 is 13.4 Å². The van der Waals surface area contributed by atoms with Crippen LogP contribution in [0.4, 0.5) is 10.2 Å². The molecule has 2 aromatic rings. The number of anilines is 1. The van der Waals surface area contributed by atoms with Crippen molar-refractivity contribution in [3.63, 3.8) is 0 Å². The molecule has 160 valence electrons.